The maximum absolute atomic E-state index is 5.55. The van der Waals surface area contributed by atoms with Crippen LogP contribution in [0.4, 0.5) is 0 Å². The fourth-order valence-electron chi connectivity index (χ4n) is 1.94. The Morgan fingerprint density at radius 2 is 1.88 bits per heavy atom. The molecule has 0 saturated heterocycles. The van der Waals surface area contributed by atoms with Crippen LogP contribution < -0.4 is 5.73 Å². The first kappa shape index (κ1) is 14.1. The van der Waals surface area contributed by atoms with Crippen molar-refractivity contribution in [2.45, 2.75) is 33.7 Å². The van der Waals surface area contributed by atoms with Gasteiger partial charge in [-0.25, -0.2) is 0 Å². The van der Waals surface area contributed by atoms with Gasteiger partial charge in [0.2, 0.25) is 0 Å². The Morgan fingerprint density at radius 1 is 1.29 bits per heavy atom. The minimum Gasteiger partial charge on any atom is -0.393 e. The molecule has 0 radical (unpaired) electrons. The van der Waals surface area contributed by atoms with Gasteiger partial charge in [0.25, 0.3) is 0 Å². The number of hydrogen-bond acceptors (Lipinski definition) is 2. The van der Waals surface area contributed by atoms with E-state index >= 15 is 0 Å². The summed E-state index contributed by atoms with van der Waals surface area (Å²) in [7, 11) is 0. The Kier molecular flexibility index (Phi) is 5.59. The molecule has 3 heteroatoms. The molecule has 0 atom stereocenters. The number of benzene rings is 1. The standard InChI is InChI=1S/C14H22N2S/c1-4-16(9-8-14(15)17)10-13-11(2)6-5-7-12(13)3/h5-7H,4,8-10H2,1-3H3,(H2,15,17). The number of hydrogen-bond donors (Lipinski definition) is 1. The van der Waals surface area contributed by atoms with Crippen LogP contribution in [0, 0.1) is 13.8 Å². The van der Waals surface area contributed by atoms with E-state index in [4.69, 9.17) is 18.0 Å². The van der Waals surface area contributed by atoms with Crippen LogP contribution in [-0.4, -0.2) is 23.0 Å². The molecule has 0 unspecified atom stereocenters. The maximum atomic E-state index is 5.55. The Morgan fingerprint density at radius 3 is 2.35 bits per heavy atom. The Balaban J connectivity index is 2.70. The fourth-order valence-corrected chi connectivity index (χ4v) is 2.03. The minimum absolute atomic E-state index is 0.602. The highest BCUT2D eigenvalue weighted by molar-refractivity contribution is 7.80. The van der Waals surface area contributed by atoms with Gasteiger partial charge in [0.15, 0.2) is 0 Å². The average Bonchev–Trinajstić information content (AvgIpc) is 2.27. The lowest BCUT2D eigenvalue weighted by Gasteiger charge is -2.22. The number of nitrogens with two attached hydrogens (primary N) is 1. The van der Waals surface area contributed by atoms with Gasteiger partial charge < -0.3 is 5.73 Å². The number of thiocarbonyl (C=S) groups is 1. The smallest absolute Gasteiger partial charge is 0.0740 e. The molecule has 1 aromatic carbocycles. The number of rotatable bonds is 6. The molecule has 0 bridgehead atoms. The van der Waals surface area contributed by atoms with Crippen LogP contribution in [0.3, 0.4) is 0 Å². The van der Waals surface area contributed by atoms with Gasteiger partial charge in [0, 0.05) is 19.5 Å². The summed E-state index contributed by atoms with van der Waals surface area (Å²) in [6.45, 7) is 9.47. The maximum Gasteiger partial charge on any atom is 0.0740 e. The summed E-state index contributed by atoms with van der Waals surface area (Å²) in [5.74, 6) is 0. The first-order chi connectivity index (χ1) is 8.04. The van der Waals surface area contributed by atoms with Crippen LogP contribution in [-0.2, 0) is 6.54 Å². The van der Waals surface area contributed by atoms with Gasteiger partial charge in [-0.2, -0.15) is 0 Å². The molecule has 0 aromatic heterocycles. The molecule has 0 spiro atoms. The van der Waals surface area contributed by atoms with Crippen molar-refractivity contribution in [3.8, 4) is 0 Å². The third kappa shape index (κ3) is 4.44. The highest BCUT2D eigenvalue weighted by Crippen LogP contribution is 2.15. The fraction of sp³-hybridized carbons (Fsp3) is 0.500. The molecule has 0 amide bonds. The van der Waals surface area contributed by atoms with Crippen molar-refractivity contribution in [2.24, 2.45) is 5.73 Å². The van der Waals surface area contributed by atoms with Gasteiger partial charge >= 0.3 is 0 Å². The summed E-state index contributed by atoms with van der Waals surface area (Å²) in [6.07, 6.45) is 0.800. The quantitative estimate of drug-likeness (QED) is 0.787. The topological polar surface area (TPSA) is 29.3 Å². The van der Waals surface area contributed by atoms with Crippen LogP contribution >= 0.6 is 12.2 Å². The largest absolute Gasteiger partial charge is 0.393 e. The molecule has 0 fully saturated rings. The molecule has 2 nitrogen and oxygen atoms in total. The molecule has 0 aliphatic rings. The lowest BCUT2D eigenvalue weighted by Crippen LogP contribution is -2.27. The highest BCUT2D eigenvalue weighted by atomic mass is 32.1. The predicted octanol–water partition coefficient (Wildman–Crippen LogP) is 2.80. The Hall–Kier alpha value is -0.930. The van der Waals surface area contributed by atoms with Crippen molar-refractivity contribution in [3.63, 3.8) is 0 Å². The molecular formula is C14H22N2S. The van der Waals surface area contributed by atoms with E-state index in [0.29, 0.717) is 4.99 Å². The second kappa shape index (κ2) is 6.72. The molecule has 0 aliphatic carbocycles. The summed E-state index contributed by atoms with van der Waals surface area (Å²) in [6, 6.07) is 6.45. The van der Waals surface area contributed by atoms with E-state index in [-0.39, 0.29) is 0 Å². The first-order valence-electron chi connectivity index (χ1n) is 6.10. The average molecular weight is 250 g/mol. The summed E-state index contributed by atoms with van der Waals surface area (Å²) in [4.78, 5) is 2.99. The van der Waals surface area contributed by atoms with Crippen LogP contribution in [0.25, 0.3) is 0 Å². The third-order valence-electron chi connectivity index (χ3n) is 3.15. The molecule has 2 N–H and O–H groups in total. The van der Waals surface area contributed by atoms with E-state index in [1.807, 2.05) is 0 Å². The Labute approximate surface area is 110 Å². The van der Waals surface area contributed by atoms with E-state index in [1.54, 1.807) is 0 Å². The zero-order chi connectivity index (χ0) is 12.8. The molecule has 0 heterocycles. The van der Waals surface area contributed by atoms with Crippen LogP contribution in [0.5, 0.6) is 0 Å². The molecule has 1 aromatic rings. The summed E-state index contributed by atoms with van der Waals surface area (Å²) >= 11 is 4.93. The minimum atomic E-state index is 0.602. The monoisotopic (exact) mass is 250 g/mol. The zero-order valence-corrected chi connectivity index (χ0v) is 11.8. The normalized spacial score (nSPS) is 10.8. The van der Waals surface area contributed by atoms with Gasteiger partial charge in [0.05, 0.1) is 4.99 Å². The van der Waals surface area contributed by atoms with Gasteiger partial charge in [-0.3, -0.25) is 4.90 Å². The number of aryl methyl sites for hydroxylation is 2. The molecular weight excluding hydrogens is 228 g/mol. The van der Waals surface area contributed by atoms with E-state index < -0.39 is 0 Å². The van der Waals surface area contributed by atoms with Crippen LogP contribution in [0.2, 0.25) is 0 Å². The number of nitrogens with zero attached hydrogens (tertiary/aromatic N) is 1. The van der Waals surface area contributed by atoms with Gasteiger partial charge in [-0.15, -0.1) is 0 Å². The highest BCUT2D eigenvalue weighted by Gasteiger charge is 2.08. The third-order valence-corrected chi connectivity index (χ3v) is 3.35. The second-order valence-corrected chi connectivity index (χ2v) is 4.98. The molecule has 0 saturated carbocycles. The van der Waals surface area contributed by atoms with Gasteiger partial charge in [-0.1, -0.05) is 37.3 Å². The van der Waals surface area contributed by atoms with E-state index in [1.165, 1.54) is 16.7 Å². The summed E-state index contributed by atoms with van der Waals surface area (Å²) < 4.78 is 0. The van der Waals surface area contributed by atoms with Crippen molar-refractivity contribution < 1.29 is 0 Å². The SMILES string of the molecule is CCN(CCC(N)=S)Cc1c(C)cccc1C. The lowest BCUT2D eigenvalue weighted by molar-refractivity contribution is 0.287. The van der Waals surface area contributed by atoms with Crippen LogP contribution in [0.1, 0.15) is 30.0 Å². The molecule has 94 valence electrons. The summed E-state index contributed by atoms with van der Waals surface area (Å²) in [5.41, 5.74) is 9.70. The molecule has 0 aliphatic heterocycles. The van der Waals surface area contributed by atoms with Gasteiger partial charge in [0.1, 0.15) is 0 Å². The van der Waals surface area contributed by atoms with E-state index in [9.17, 15) is 0 Å². The first-order valence-corrected chi connectivity index (χ1v) is 6.51. The van der Waals surface area contributed by atoms with E-state index in [0.717, 1.165) is 26.1 Å². The lowest BCUT2D eigenvalue weighted by atomic mass is 10.0. The summed E-state index contributed by atoms with van der Waals surface area (Å²) in [5, 5.41) is 0. The van der Waals surface area contributed by atoms with Crippen molar-refractivity contribution >= 4 is 17.2 Å². The van der Waals surface area contributed by atoms with Crippen molar-refractivity contribution in [1.82, 2.24) is 4.90 Å². The van der Waals surface area contributed by atoms with E-state index in [2.05, 4.69) is 43.9 Å². The van der Waals surface area contributed by atoms with Crippen molar-refractivity contribution in [3.05, 3.63) is 34.9 Å². The van der Waals surface area contributed by atoms with Crippen molar-refractivity contribution in [1.29, 1.82) is 0 Å². The van der Waals surface area contributed by atoms with Crippen LogP contribution in [0.15, 0.2) is 18.2 Å². The van der Waals surface area contributed by atoms with Crippen molar-refractivity contribution in [2.75, 3.05) is 13.1 Å². The zero-order valence-electron chi connectivity index (χ0n) is 11.0. The Bertz CT molecular complexity index is 368. The molecule has 17 heavy (non-hydrogen) atoms. The van der Waals surface area contributed by atoms with Gasteiger partial charge in [-0.05, 0) is 37.1 Å². The predicted molar refractivity (Wildman–Crippen MR) is 78.3 cm³/mol. The second-order valence-electron chi connectivity index (χ2n) is 4.46. The molecule has 1 rings (SSSR count).